The zero-order valence-electron chi connectivity index (χ0n) is 9.30. The molecular weight excluding hydrogens is 218 g/mol. The number of fused-ring (bicyclic) bond motifs is 1. The van der Waals surface area contributed by atoms with Crippen LogP contribution in [0.15, 0.2) is 30.5 Å². The second-order valence-electron chi connectivity index (χ2n) is 4.32. The van der Waals surface area contributed by atoms with Gasteiger partial charge in [0.05, 0.1) is 18.2 Å². The number of carboxylic acids is 1. The lowest BCUT2D eigenvalue weighted by atomic mass is 10.1. The Labute approximate surface area is 98.4 Å². The first-order chi connectivity index (χ1) is 8.25. The number of carbonyl (C=O) groups is 1. The van der Waals surface area contributed by atoms with E-state index in [-0.39, 0.29) is 0 Å². The van der Waals surface area contributed by atoms with Gasteiger partial charge in [0.25, 0.3) is 0 Å². The molecule has 0 radical (unpaired) electrons. The van der Waals surface area contributed by atoms with Crippen molar-refractivity contribution in [1.29, 1.82) is 0 Å². The maximum absolute atomic E-state index is 11.0. The second-order valence-corrected chi connectivity index (χ2v) is 4.32. The number of hydrogen-bond donors (Lipinski definition) is 1. The molecule has 0 aliphatic carbocycles. The van der Waals surface area contributed by atoms with Crippen molar-refractivity contribution < 1.29 is 14.6 Å². The third-order valence-corrected chi connectivity index (χ3v) is 3.27. The zero-order valence-corrected chi connectivity index (χ0v) is 9.30. The summed E-state index contributed by atoms with van der Waals surface area (Å²) < 4.78 is 7.49. The molecule has 4 heteroatoms. The minimum absolute atomic E-state index is 0.330. The van der Waals surface area contributed by atoms with Gasteiger partial charge in [0.2, 0.25) is 0 Å². The average molecular weight is 231 g/mol. The van der Waals surface area contributed by atoms with Crippen molar-refractivity contribution >= 4 is 16.9 Å². The Hall–Kier alpha value is -1.81. The Bertz CT molecular complexity index is 567. The Morgan fingerprint density at radius 3 is 3.00 bits per heavy atom. The molecule has 4 nitrogen and oxygen atoms in total. The first kappa shape index (κ1) is 10.4. The van der Waals surface area contributed by atoms with Gasteiger partial charge in [-0.2, -0.15) is 0 Å². The Morgan fingerprint density at radius 2 is 2.29 bits per heavy atom. The molecule has 3 rings (SSSR count). The smallest absolute Gasteiger partial charge is 0.335 e. The summed E-state index contributed by atoms with van der Waals surface area (Å²) in [6.45, 7) is 1.49. The first-order valence-corrected chi connectivity index (χ1v) is 5.67. The zero-order chi connectivity index (χ0) is 11.8. The third-order valence-electron chi connectivity index (χ3n) is 3.27. The lowest BCUT2D eigenvalue weighted by molar-refractivity contribution is 0.0697. The van der Waals surface area contributed by atoms with Crippen LogP contribution in [-0.2, 0) is 4.74 Å². The molecule has 17 heavy (non-hydrogen) atoms. The van der Waals surface area contributed by atoms with Crippen molar-refractivity contribution in [1.82, 2.24) is 4.57 Å². The van der Waals surface area contributed by atoms with E-state index < -0.39 is 5.97 Å². The van der Waals surface area contributed by atoms with E-state index >= 15 is 0 Å². The maximum Gasteiger partial charge on any atom is 0.335 e. The summed E-state index contributed by atoms with van der Waals surface area (Å²) >= 11 is 0. The molecule has 88 valence electrons. The van der Waals surface area contributed by atoms with Crippen LogP contribution in [0.5, 0.6) is 0 Å². The predicted molar refractivity (Wildman–Crippen MR) is 63.4 cm³/mol. The van der Waals surface area contributed by atoms with Gasteiger partial charge in [0, 0.05) is 18.3 Å². The Balaban J connectivity index is 2.11. The van der Waals surface area contributed by atoms with Gasteiger partial charge in [-0.25, -0.2) is 4.79 Å². The molecule has 1 aliphatic heterocycles. The highest BCUT2D eigenvalue weighted by molar-refractivity contribution is 5.93. The molecule has 2 aromatic rings. The molecule has 0 spiro atoms. The molecule has 0 bridgehead atoms. The highest BCUT2D eigenvalue weighted by Crippen LogP contribution is 2.26. The van der Waals surface area contributed by atoms with Gasteiger partial charge in [-0.05, 0) is 30.0 Å². The van der Waals surface area contributed by atoms with Crippen LogP contribution in [-0.4, -0.2) is 28.9 Å². The van der Waals surface area contributed by atoms with E-state index in [1.807, 2.05) is 18.3 Å². The summed E-state index contributed by atoms with van der Waals surface area (Å²) in [4.78, 5) is 11.0. The Morgan fingerprint density at radius 1 is 1.41 bits per heavy atom. The maximum atomic E-state index is 11.0. The quantitative estimate of drug-likeness (QED) is 0.862. The van der Waals surface area contributed by atoms with E-state index in [0.29, 0.717) is 18.2 Å². The number of ether oxygens (including phenoxy) is 1. The number of benzene rings is 1. The van der Waals surface area contributed by atoms with Crippen molar-refractivity contribution in [2.75, 3.05) is 13.2 Å². The molecule has 2 heterocycles. The number of carboxylic acid groups (broad SMARTS) is 1. The van der Waals surface area contributed by atoms with Crippen molar-refractivity contribution in [2.45, 2.75) is 12.5 Å². The van der Waals surface area contributed by atoms with Crippen LogP contribution in [0.3, 0.4) is 0 Å². The van der Waals surface area contributed by atoms with Crippen LogP contribution in [0.25, 0.3) is 10.9 Å². The minimum Gasteiger partial charge on any atom is -0.478 e. The largest absolute Gasteiger partial charge is 0.478 e. The van der Waals surface area contributed by atoms with Gasteiger partial charge >= 0.3 is 5.97 Å². The van der Waals surface area contributed by atoms with Crippen LogP contribution in [0, 0.1) is 0 Å². The highest BCUT2D eigenvalue weighted by atomic mass is 16.5. The van der Waals surface area contributed by atoms with Crippen LogP contribution in [0.1, 0.15) is 22.8 Å². The highest BCUT2D eigenvalue weighted by Gasteiger charge is 2.19. The summed E-state index contributed by atoms with van der Waals surface area (Å²) in [6, 6.07) is 7.57. The third kappa shape index (κ3) is 1.70. The lowest BCUT2D eigenvalue weighted by Gasteiger charge is -2.12. The van der Waals surface area contributed by atoms with Crippen LogP contribution >= 0.6 is 0 Å². The molecule has 1 saturated heterocycles. The molecule has 1 atom stereocenters. The van der Waals surface area contributed by atoms with Crippen LogP contribution in [0.2, 0.25) is 0 Å². The van der Waals surface area contributed by atoms with Gasteiger partial charge in [0.1, 0.15) is 0 Å². The molecule has 1 N–H and O–H groups in total. The second kappa shape index (κ2) is 3.89. The van der Waals surface area contributed by atoms with Gasteiger partial charge < -0.3 is 14.4 Å². The Kier molecular flexibility index (Phi) is 2.37. The van der Waals surface area contributed by atoms with Gasteiger partial charge in [-0.1, -0.05) is 6.07 Å². The fraction of sp³-hybridized carbons (Fsp3) is 0.308. The van der Waals surface area contributed by atoms with Crippen molar-refractivity contribution in [3.05, 3.63) is 36.0 Å². The lowest BCUT2D eigenvalue weighted by Crippen LogP contribution is -2.07. The van der Waals surface area contributed by atoms with Gasteiger partial charge in [-0.3, -0.25) is 0 Å². The van der Waals surface area contributed by atoms with Crippen molar-refractivity contribution in [3.8, 4) is 0 Å². The van der Waals surface area contributed by atoms with Crippen molar-refractivity contribution in [3.63, 3.8) is 0 Å². The van der Waals surface area contributed by atoms with E-state index in [1.54, 1.807) is 12.1 Å². The van der Waals surface area contributed by atoms with E-state index in [9.17, 15) is 4.79 Å². The molecule has 1 unspecified atom stereocenters. The fourth-order valence-electron chi connectivity index (χ4n) is 2.34. The molecule has 1 aliphatic rings. The summed E-state index contributed by atoms with van der Waals surface area (Å²) in [6.07, 6.45) is 3.00. The number of nitrogens with zero attached hydrogens (tertiary/aromatic N) is 1. The molecule has 0 saturated carbocycles. The van der Waals surface area contributed by atoms with Crippen LogP contribution in [0.4, 0.5) is 0 Å². The van der Waals surface area contributed by atoms with E-state index in [2.05, 4.69) is 4.57 Å². The number of hydrogen-bond acceptors (Lipinski definition) is 2. The molecular formula is C13H13NO3. The normalized spacial score (nSPS) is 19.9. The van der Waals surface area contributed by atoms with Gasteiger partial charge in [0.15, 0.2) is 0 Å². The van der Waals surface area contributed by atoms with Crippen LogP contribution < -0.4 is 0 Å². The predicted octanol–water partition coefficient (Wildman–Crippen LogP) is 2.30. The van der Waals surface area contributed by atoms with Crippen molar-refractivity contribution in [2.24, 2.45) is 0 Å². The standard InChI is InChI=1S/C13H13NO3/c15-13(16)10-2-1-9-3-5-14(12(9)7-10)11-4-6-17-8-11/h1-3,5,7,11H,4,6,8H2,(H,15,16). The summed E-state index contributed by atoms with van der Waals surface area (Å²) in [5.74, 6) is -0.887. The molecule has 0 amide bonds. The SMILES string of the molecule is O=C(O)c1ccc2ccn(C3CCOC3)c2c1. The summed E-state index contributed by atoms with van der Waals surface area (Å²) in [5, 5.41) is 10.1. The molecule has 1 aromatic heterocycles. The van der Waals surface area contributed by atoms with Gasteiger partial charge in [-0.15, -0.1) is 0 Å². The molecule has 1 fully saturated rings. The first-order valence-electron chi connectivity index (χ1n) is 5.67. The summed E-state index contributed by atoms with van der Waals surface area (Å²) in [5.41, 5.74) is 1.30. The number of rotatable bonds is 2. The number of aromatic carboxylic acids is 1. The average Bonchev–Trinajstić information content (AvgIpc) is 2.96. The topological polar surface area (TPSA) is 51.5 Å². The van der Waals surface area contributed by atoms with E-state index in [0.717, 1.165) is 23.9 Å². The minimum atomic E-state index is -0.887. The summed E-state index contributed by atoms with van der Waals surface area (Å²) in [7, 11) is 0. The molecule has 1 aromatic carbocycles. The number of aromatic nitrogens is 1. The van der Waals surface area contributed by atoms with E-state index in [4.69, 9.17) is 9.84 Å². The monoisotopic (exact) mass is 231 g/mol. The fourth-order valence-corrected chi connectivity index (χ4v) is 2.34. The van der Waals surface area contributed by atoms with E-state index in [1.165, 1.54) is 0 Å².